The molecule has 2 N–H and O–H groups in total. The van der Waals surface area contributed by atoms with Crippen LogP contribution in [0.1, 0.15) is 28.1 Å². The Morgan fingerprint density at radius 2 is 2.09 bits per heavy atom. The molecule has 23 heavy (non-hydrogen) atoms. The van der Waals surface area contributed by atoms with Gasteiger partial charge in [0.05, 0.1) is 12.1 Å². The smallest absolute Gasteiger partial charge is 0.258 e. The Morgan fingerprint density at radius 1 is 1.26 bits per heavy atom. The molecule has 3 rings (SSSR count). The number of nitrogens with zero attached hydrogens (tertiary/aromatic N) is 1. The molecular formula is C17H18N2O3S. The number of carbonyl (C=O) groups excluding carboxylic acids is 2. The number of amides is 2. The summed E-state index contributed by atoms with van der Waals surface area (Å²) < 4.78 is 0. The van der Waals surface area contributed by atoms with Crippen LogP contribution in [0.4, 0.5) is 0 Å². The second kappa shape index (κ2) is 6.83. The number of rotatable bonds is 4. The molecular weight excluding hydrogens is 312 g/mol. The van der Waals surface area contributed by atoms with E-state index in [1.165, 1.54) is 6.07 Å². The number of carbonyl (C=O) groups is 2. The highest BCUT2D eigenvalue weighted by molar-refractivity contribution is 7.09. The van der Waals surface area contributed by atoms with E-state index < -0.39 is 6.04 Å². The Balaban J connectivity index is 1.68. The molecule has 0 spiro atoms. The standard InChI is InChI=1S/C17H18N2O3S/c20-15-8-2-1-6-13(15)17(22)19-9-3-7-14(19)16(21)18-11-12-5-4-10-23-12/h1-2,4-6,8,10,14,20H,3,7,9,11H2,(H,18,21). The van der Waals surface area contributed by atoms with Crippen molar-refractivity contribution in [3.63, 3.8) is 0 Å². The number of nitrogens with one attached hydrogen (secondary N) is 1. The molecule has 1 saturated heterocycles. The van der Waals surface area contributed by atoms with Crippen LogP contribution in [-0.2, 0) is 11.3 Å². The molecule has 6 heteroatoms. The van der Waals surface area contributed by atoms with Crippen molar-refractivity contribution >= 4 is 23.2 Å². The lowest BCUT2D eigenvalue weighted by Gasteiger charge is -2.24. The van der Waals surface area contributed by atoms with Crippen LogP contribution in [0.5, 0.6) is 5.75 Å². The molecule has 1 atom stereocenters. The van der Waals surface area contributed by atoms with E-state index in [-0.39, 0.29) is 23.1 Å². The van der Waals surface area contributed by atoms with Gasteiger partial charge in [0.15, 0.2) is 0 Å². The van der Waals surface area contributed by atoms with Crippen LogP contribution in [-0.4, -0.2) is 34.4 Å². The molecule has 2 aromatic rings. The van der Waals surface area contributed by atoms with Crippen LogP contribution >= 0.6 is 11.3 Å². The number of phenols is 1. The van der Waals surface area contributed by atoms with Gasteiger partial charge in [-0.05, 0) is 36.4 Å². The summed E-state index contributed by atoms with van der Waals surface area (Å²) >= 11 is 1.59. The van der Waals surface area contributed by atoms with E-state index in [4.69, 9.17) is 0 Å². The number of hydrogen-bond donors (Lipinski definition) is 2. The lowest BCUT2D eigenvalue weighted by Crippen LogP contribution is -2.45. The minimum Gasteiger partial charge on any atom is -0.507 e. The van der Waals surface area contributed by atoms with Crippen molar-refractivity contribution in [2.75, 3.05) is 6.54 Å². The first-order chi connectivity index (χ1) is 11.2. The van der Waals surface area contributed by atoms with Gasteiger partial charge in [-0.2, -0.15) is 0 Å². The number of phenolic OH excluding ortho intramolecular Hbond substituents is 1. The van der Waals surface area contributed by atoms with Gasteiger partial charge in [-0.1, -0.05) is 18.2 Å². The van der Waals surface area contributed by atoms with E-state index in [2.05, 4.69) is 5.32 Å². The van der Waals surface area contributed by atoms with Crippen molar-refractivity contribution in [1.82, 2.24) is 10.2 Å². The highest BCUT2D eigenvalue weighted by Crippen LogP contribution is 2.24. The molecule has 1 aromatic carbocycles. The van der Waals surface area contributed by atoms with Gasteiger partial charge in [0.25, 0.3) is 5.91 Å². The maximum Gasteiger partial charge on any atom is 0.258 e. The molecule has 0 bridgehead atoms. The van der Waals surface area contributed by atoms with Crippen LogP contribution in [0.25, 0.3) is 0 Å². The minimum atomic E-state index is -0.470. The van der Waals surface area contributed by atoms with Crippen molar-refractivity contribution < 1.29 is 14.7 Å². The molecule has 2 amide bonds. The minimum absolute atomic E-state index is 0.0536. The molecule has 1 aliphatic heterocycles. The Hall–Kier alpha value is -2.34. The summed E-state index contributed by atoms with van der Waals surface area (Å²) in [5, 5.41) is 14.7. The average molecular weight is 330 g/mol. The fourth-order valence-electron chi connectivity index (χ4n) is 2.80. The molecule has 2 heterocycles. The number of hydrogen-bond acceptors (Lipinski definition) is 4. The summed E-state index contributed by atoms with van der Waals surface area (Å²) in [6.45, 7) is 1.01. The first-order valence-electron chi connectivity index (χ1n) is 7.56. The maximum absolute atomic E-state index is 12.6. The Labute approximate surface area is 138 Å². The zero-order valence-electron chi connectivity index (χ0n) is 12.6. The van der Waals surface area contributed by atoms with E-state index in [1.54, 1.807) is 34.4 Å². The highest BCUT2D eigenvalue weighted by Gasteiger charge is 2.35. The maximum atomic E-state index is 12.6. The first kappa shape index (κ1) is 15.6. The van der Waals surface area contributed by atoms with Gasteiger partial charge < -0.3 is 15.3 Å². The van der Waals surface area contributed by atoms with Crippen molar-refractivity contribution in [1.29, 1.82) is 0 Å². The lowest BCUT2D eigenvalue weighted by molar-refractivity contribution is -0.125. The summed E-state index contributed by atoms with van der Waals surface area (Å²) in [6.07, 6.45) is 1.44. The van der Waals surface area contributed by atoms with Crippen LogP contribution in [0.2, 0.25) is 0 Å². The Morgan fingerprint density at radius 3 is 2.83 bits per heavy atom. The van der Waals surface area contributed by atoms with E-state index in [1.807, 2.05) is 17.5 Å². The second-order valence-electron chi connectivity index (χ2n) is 5.47. The number of aromatic hydroxyl groups is 1. The third kappa shape index (κ3) is 3.37. The van der Waals surface area contributed by atoms with Gasteiger partial charge in [0, 0.05) is 11.4 Å². The van der Waals surface area contributed by atoms with Crippen molar-refractivity contribution in [2.45, 2.75) is 25.4 Å². The van der Waals surface area contributed by atoms with Crippen molar-refractivity contribution in [3.8, 4) is 5.75 Å². The molecule has 120 valence electrons. The van der Waals surface area contributed by atoms with Crippen LogP contribution < -0.4 is 5.32 Å². The zero-order valence-corrected chi connectivity index (χ0v) is 13.4. The predicted octanol–water partition coefficient (Wildman–Crippen LogP) is 2.37. The Bertz CT molecular complexity index is 700. The first-order valence-corrected chi connectivity index (χ1v) is 8.44. The molecule has 0 aliphatic carbocycles. The molecule has 1 unspecified atom stereocenters. The summed E-state index contributed by atoms with van der Waals surface area (Å²) in [4.78, 5) is 27.6. The summed E-state index contributed by atoms with van der Waals surface area (Å²) in [5.74, 6) is -0.487. The SMILES string of the molecule is O=C(NCc1cccs1)C1CCCN1C(=O)c1ccccc1O. The van der Waals surface area contributed by atoms with E-state index >= 15 is 0 Å². The molecule has 0 radical (unpaired) electrons. The second-order valence-corrected chi connectivity index (χ2v) is 6.50. The normalized spacial score (nSPS) is 17.2. The Kier molecular flexibility index (Phi) is 4.62. The number of thiophene rings is 1. The fraction of sp³-hybridized carbons (Fsp3) is 0.294. The van der Waals surface area contributed by atoms with E-state index in [9.17, 15) is 14.7 Å². The van der Waals surface area contributed by atoms with Crippen LogP contribution in [0.15, 0.2) is 41.8 Å². The quantitative estimate of drug-likeness (QED) is 0.904. The summed E-state index contributed by atoms with van der Waals surface area (Å²) in [7, 11) is 0. The predicted molar refractivity (Wildman–Crippen MR) is 88.3 cm³/mol. The van der Waals surface area contributed by atoms with E-state index in [0.29, 0.717) is 19.5 Å². The zero-order chi connectivity index (χ0) is 16.2. The van der Waals surface area contributed by atoms with Crippen molar-refractivity contribution in [2.24, 2.45) is 0 Å². The molecule has 1 aromatic heterocycles. The molecule has 0 saturated carbocycles. The van der Waals surface area contributed by atoms with Gasteiger partial charge in [-0.15, -0.1) is 11.3 Å². The largest absolute Gasteiger partial charge is 0.507 e. The van der Waals surface area contributed by atoms with Gasteiger partial charge in [0.1, 0.15) is 11.8 Å². The van der Waals surface area contributed by atoms with Crippen molar-refractivity contribution in [3.05, 3.63) is 52.2 Å². The lowest BCUT2D eigenvalue weighted by atomic mass is 10.1. The van der Waals surface area contributed by atoms with Crippen LogP contribution in [0.3, 0.4) is 0 Å². The molecule has 5 nitrogen and oxygen atoms in total. The topological polar surface area (TPSA) is 69.6 Å². The monoisotopic (exact) mass is 330 g/mol. The summed E-state index contributed by atoms with van der Waals surface area (Å²) in [5.41, 5.74) is 0.241. The average Bonchev–Trinajstić information content (AvgIpc) is 3.24. The number of para-hydroxylation sites is 1. The van der Waals surface area contributed by atoms with Crippen LogP contribution in [0, 0.1) is 0 Å². The third-order valence-corrected chi connectivity index (χ3v) is 4.84. The summed E-state index contributed by atoms with van der Waals surface area (Å²) in [6, 6.07) is 9.87. The van der Waals surface area contributed by atoms with Gasteiger partial charge in [-0.3, -0.25) is 9.59 Å². The number of benzene rings is 1. The van der Waals surface area contributed by atoms with Gasteiger partial charge in [0.2, 0.25) is 5.91 Å². The number of likely N-dealkylation sites (tertiary alicyclic amines) is 1. The highest BCUT2D eigenvalue weighted by atomic mass is 32.1. The van der Waals surface area contributed by atoms with Gasteiger partial charge >= 0.3 is 0 Å². The van der Waals surface area contributed by atoms with E-state index in [0.717, 1.165) is 11.3 Å². The fourth-order valence-corrected chi connectivity index (χ4v) is 3.44. The van der Waals surface area contributed by atoms with Gasteiger partial charge in [-0.25, -0.2) is 0 Å². The third-order valence-electron chi connectivity index (χ3n) is 3.97. The molecule has 1 fully saturated rings. The molecule has 1 aliphatic rings.